The number of methoxy groups -OCH3 is 2. The van der Waals surface area contributed by atoms with E-state index in [1.807, 2.05) is 41.4 Å². The standard InChI is InChI=1S/C28H26F2N4O4/c1-37-23-16-21(24(29)26(38-2)25(23)30)27(35)31-19-8-6-17(7-9-19)18-10-13-33(14-11-18)28(36)22-15-20-5-3-4-12-34(20)32-22/h3-9,12,15-16,18H,10-11,13-14H2,1-2H3,(H,31,35). The predicted molar refractivity (Wildman–Crippen MR) is 137 cm³/mol. The van der Waals surface area contributed by atoms with Gasteiger partial charge in [0.15, 0.2) is 23.0 Å². The number of nitrogens with one attached hydrogen (secondary N) is 1. The predicted octanol–water partition coefficient (Wildman–Crippen LogP) is 4.90. The number of halogens is 2. The summed E-state index contributed by atoms with van der Waals surface area (Å²) in [6.45, 7) is 1.23. The second-order valence-corrected chi connectivity index (χ2v) is 9.03. The maximum atomic E-state index is 14.6. The van der Waals surface area contributed by atoms with Crippen LogP contribution in [-0.4, -0.2) is 53.6 Å². The van der Waals surface area contributed by atoms with Crippen LogP contribution in [0.4, 0.5) is 14.5 Å². The molecule has 1 N–H and O–H groups in total. The smallest absolute Gasteiger partial charge is 0.274 e. The molecule has 8 nitrogen and oxygen atoms in total. The van der Waals surface area contributed by atoms with E-state index in [0.717, 1.165) is 37.1 Å². The summed E-state index contributed by atoms with van der Waals surface area (Å²) in [5, 5.41) is 7.01. The number of rotatable bonds is 6. The summed E-state index contributed by atoms with van der Waals surface area (Å²) in [6.07, 6.45) is 3.41. The molecule has 1 aliphatic rings. The number of carbonyl (C=O) groups excluding carboxylic acids is 2. The summed E-state index contributed by atoms with van der Waals surface area (Å²) in [4.78, 5) is 27.5. The third-order valence-electron chi connectivity index (χ3n) is 6.81. The Hall–Kier alpha value is -4.47. The Balaban J connectivity index is 1.21. The van der Waals surface area contributed by atoms with E-state index in [9.17, 15) is 18.4 Å². The van der Waals surface area contributed by atoms with Gasteiger partial charge in [0.2, 0.25) is 5.82 Å². The van der Waals surface area contributed by atoms with Gasteiger partial charge in [-0.25, -0.2) is 8.91 Å². The van der Waals surface area contributed by atoms with E-state index in [2.05, 4.69) is 10.4 Å². The highest BCUT2D eigenvalue weighted by Crippen LogP contribution is 2.33. The summed E-state index contributed by atoms with van der Waals surface area (Å²) in [5.74, 6) is -3.68. The Morgan fingerprint density at radius 1 is 0.974 bits per heavy atom. The fourth-order valence-corrected chi connectivity index (χ4v) is 4.74. The Morgan fingerprint density at radius 2 is 1.71 bits per heavy atom. The fraction of sp³-hybridized carbons (Fsp3) is 0.250. The molecule has 0 radical (unpaired) electrons. The minimum atomic E-state index is -1.11. The van der Waals surface area contributed by atoms with Crippen molar-refractivity contribution in [3.05, 3.63) is 89.2 Å². The van der Waals surface area contributed by atoms with Crippen LogP contribution < -0.4 is 14.8 Å². The quantitative estimate of drug-likeness (QED) is 0.391. The molecule has 5 rings (SSSR count). The molecule has 0 aliphatic carbocycles. The first-order chi connectivity index (χ1) is 18.4. The minimum Gasteiger partial charge on any atom is -0.494 e. The lowest BCUT2D eigenvalue weighted by Crippen LogP contribution is -2.38. The number of benzene rings is 2. The van der Waals surface area contributed by atoms with Gasteiger partial charge in [0.25, 0.3) is 11.8 Å². The SMILES string of the molecule is COc1cc(C(=O)Nc2ccc(C3CCN(C(=O)c4cc5ccccn5n4)CC3)cc2)c(F)c(OC)c1F. The van der Waals surface area contributed by atoms with Gasteiger partial charge in [0.1, 0.15) is 0 Å². The lowest BCUT2D eigenvalue weighted by atomic mass is 9.89. The molecule has 10 heteroatoms. The molecule has 1 fully saturated rings. The molecule has 0 unspecified atom stereocenters. The van der Waals surface area contributed by atoms with Crippen molar-refractivity contribution < 1.29 is 27.8 Å². The molecule has 2 amide bonds. The first-order valence-electron chi connectivity index (χ1n) is 12.1. The number of likely N-dealkylation sites (tertiary alicyclic amines) is 1. The second kappa shape index (κ2) is 10.5. The van der Waals surface area contributed by atoms with Crippen molar-refractivity contribution >= 4 is 23.0 Å². The van der Waals surface area contributed by atoms with E-state index in [0.29, 0.717) is 24.5 Å². The highest BCUT2D eigenvalue weighted by molar-refractivity contribution is 6.05. The molecule has 0 spiro atoms. The van der Waals surface area contributed by atoms with Crippen molar-refractivity contribution in [2.75, 3.05) is 32.6 Å². The van der Waals surface area contributed by atoms with Crippen molar-refractivity contribution in [1.29, 1.82) is 0 Å². The summed E-state index contributed by atoms with van der Waals surface area (Å²) in [7, 11) is 2.33. The fourth-order valence-electron chi connectivity index (χ4n) is 4.74. The number of anilines is 1. The number of aromatic nitrogens is 2. The van der Waals surface area contributed by atoms with Gasteiger partial charge in [-0.05, 0) is 60.7 Å². The second-order valence-electron chi connectivity index (χ2n) is 9.03. The van der Waals surface area contributed by atoms with Crippen LogP contribution in [0.25, 0.3) is 5.52 Å². The molecular weight excluding hydrogens is 494 g/mol. The van der Waals surface area contributed by atoms with Crippen molar-refractivity contribution in [2.45, 2.75) is 18.8 Å². The third-order valence-corrected chi connectivity index (χ3v) is 6.81. The normalized spacial score (nSPS) is 13.9. The van der Waals surface area contributed by atoms with Crippen molar-refractivity contribution in [3.63, 3.8) is 0 Å². The van der Waals surface area contributed by atoms with E-state index < -0.39 is 28.9 Å². The van der Waals surface area contributed by atoms with E-state index in [1.165, 1.54) is 7.11 Å². The van der Waals surface area contributed by atoms with Gasteiger partial charge in [0.05, 0.1) is 25.3 Å². The minimum absolute atomic E-state index is 0.0773. The molecule has 0 saturated carbocycles. The van der Waals surface area contributed by atoms with Gasteiger partial charge >= 0.3 is 0 Å². The molecule has 4 aromatic rings. The van der Waals surface area contributed by atoms with Crippen LogP contribution in [0.2, 0.25) is 0 Å². The first-order valence-corrected chi connectivity index (χ1v) is 12.1. The zero-order valence-electron chi connectivity index (χ0n) is 20.9. The Labute approximate surface area is 217 Å². The molecule has 3 heterocycles. The number of nitrogens with zero attached hydrogens (tertiary/aromatic N) is 3. The molecular formula is C28H26F2N4O4. The zero-order valence-corrected chi connectivity index (χ0v) is 20.9. The number of fused-ring (bicyclic) bond motifs is 1. The summed E-state index contributed by atoms with van der Waals surface area (Å²) < 4.78 is 40.2. The number of hydrogen-bond acceptors (Lipinski definition) is 5. The maximum absolute atomic E-state index is 14.6. The summed E-state index contributed by atoms with van der Waals surface area (Å²) in [6, 6.07) is 15.8. The number of piperidine rings is 1. The van der Waals surface area contributed by atoms with Gasteiger partial charge in [-0.15, -0.1) is 0 Å². The maximum Gasteiger partial charge on any atom is 0.274 e. The lowest BCUT2D eigenvalue weighted by molar-refractivity contribution is 0.0706. The largest absolute Gasteiger partial charge is 0.494 e. The van der Waals surface area contributed by atoms with Gasteiger partial charge in [0, 0.05) is 25.0 Å². The molecule has 2 aromatic carbocycles. The molecule has 1 saturated heterocycles. The van der Waals surface area contributed by atoms with Crippen LogP contribution in [0, 0.1) is 11.6 Å². The molecule has 0 bridgehead atoms. The third kappa shape index (κ3) is 4.77. The Bertz CT molecular complexity index is 1460. The monoisotopic (exact) mass is 520 g/mol. The van der Waals surface area contributed by atoms with Crippen molar-refractivity contribution in [1.82, 2.24) is 14.5 Å². The van der Waals surface area contributed by atoms with E-state index in [-0.39, 0.29) is 17.6 Å². The molecule has 38 heavy (non-hydrogen) atoms. The number of carbonyl (C=O) groups is 2. The molecule has 2 aromatic heterocycles. The average molecular weight is 521 g/mol. The number of pyridine rings is 1. The summed E-state index contributed by atoms with van der Waals surface area (Å²) in [5.41, 5.74) is 2.45. The van der Waals surface area contributed by atoms with Crippen LogP contribution in [0.5, 0.6) is 11.5 Å². The van der Waals surface area contributed by atoms with Gasteiger partial charge < -0.3 is 19.7 Å². The van der Waals surface area contributed by atoms with Gasteiger partial charge in [-0.3, -0.25) is 9.59 Å². The topological polar surface area (TPSA) is 85.2 Å². The highest BCUT2D eigenvalue weighted by atomic mass is 19.1. The van der Waals surface area contributed by atoms with Gasteiger partial charge in [-0.2, -0.15) is 9.49 Å². The van der Waals surface area contributed by atoms with E-state index in [1.54, 1.807) is 22.7 Å². The van der Waals surface area contributed by atoms with Crippen LogP contribution in [0.1, 0.15) is 45.2 Å². The van der Waals surface area contributed by atoms with Crippen LogP contribution >= 0.6 is 0 Å². The van der Waals surface area contributed by atoms with Gasteiger partial charge in [-0.1, -0.05) is 18.2 Å². The first kappa shape index (κ1) is 25.2. The number of amides is 2. The lowest BCUT2D eigenvalue weighted by Gasteiger charge is -2.31. The molecule has 196 valence electrons. The van der Waals surface area contributed by atoms with E-state index >= 15 is 0 Å². The van der Waals surface area contributed by atoms with Crippen LogP contribution in [0.3, 0.4) is 0 Å². The van der Waals surface area contributed by atoms with Crippen molar-refractivity contribution in [2.24, 2.45) is 0 Å². The highest BCUT2D eigenvalue weighted by Gasteiger charge is 2.27. The van der Waals surface area contributed by atoms with Crippen LogP contribution in [-0.2, 0) is 0 Å². The number of ether oxygens (including phenoxy) is 2. The molecule has 1 aliphatic heterocycles. The van der Waals surface area contributed by atoms with E-state index in [4.69, 9.17) is 9.47 Å². The average Bonchev–Trinajstić information content (AvgIpc) is 3.38. The summed E-state index contributed by atoms with van der Waals surface area (Å²) >= 11 is 0. The zero-order chi connectivity index (χ0) is 26.8. The Morgan fingerprint density at radius 3 is 2.37 bits per heavy atom. The van der Waals surface area contributed by atoms with Crippen LogP contribution in [0.15, 0.2) is 60.8 Å². The van der Waals surface area contributed by atoms with Crippen molar-refractivity contribution in [3.8, 4) is 11.5 Å². The molecule has 0 atom stereocenters. The number of hydrogen-bond donors (Lipinski definition) is 1. The Kier molecular flexibility index (Phi) is 6.95.